The summed E-state index contributed by atoms with van der Waals surface area (Å²) in [6.45, 7) is 9.19. The van der Waals surface area contributed by atoms with Gasteiger partial charge in [-0.25, -0.2) is 0 Å². The molecule has 3 unspecified atom stereocenters. The Balaban J connectivity index is 1.83. The number of nitrogens with zero attached hydrogens (tertiary/aromatic N) is 2. The van der Waals surface area contributed by atoms with Crippen molar-refractivity contribution >= 4 is 11.6 Å². The first-order chi connectivity index (χ1) is 11.0. The van der Waals surface area contributed by atoms with Gasteiger partial charge in [-0.15, -0.1) is 0 Å². The van der Waals surface area contributed by atoms with Crippen LogP contribution in [0.1, 0.15) is 25.3 Å². The first-order valence-corrected chi connectivity index (χ1v) is 8.79. The van der Waals surface area contributed by atoms with Crippen LogP contribution in [0.3, 0.4) is 0 Å². The largest absolute Gasteiger partial charge is 0.390 e. The van der Waals surface area contributed by atoms with Crippen molar-refractivity contribution in [3.05, 3.63) is 34.9 Å². The van der Waals surface area contributed by atoms with E-state index in [1.807, 2.05) is 12.1 Å². The van der Waals surface area contributed by atoms with Gasteiger partial charge in [0.25, 0.3) is 0 Å². The average Bonchev–Trinajstić information content (AvgIpc) is 2.55. The molecule has 130 valence electrons. The van der Waals surface area contributed by atoms with E-state index in [4.69, 9.17) is 16.3 Å². The van der Waals surface area contributed by atoms with Crippen LogP contribution in [0.4, 0.5) is 0 Å². The highest BCUT2D eigenvalue weighted by Crippen LogP contribution is 2.24. The summed E-state index contributed by atoms with van der Waals surface area (Å²) in [4.78, 5) is 4.51. The molecule has 0 aromatic heterocycles. The summed E-state index contributed by atoms with van der Waals surface area (Å²) < 4.78 is 5.35. The molecule has 0 saturated carbocycles. The molecule has 1 heterocycles. The van der Waals surface area contributed by atoms with Crippen LogP contribution in [0.25, 0.3) is 0 Å². The van der Waals surface area contributed by atoms with Gasteiger partial charge in [0.1, 0.15) is 0 Å². The number of ether oxygens (including phenoxy) is 1. The van der Waals surface area contributed by atoms with Crippen LogP contribution in [0.5, 0.6) is 0 Å². The molecule has 1 N–H and O–H groups in total. The number of hydrogen-bond acceptors (Lipinski definition) is 4. The Morgan fingerprint density at radius 1 is 1.22 bits per heavy atom. The second-order valence-electron chi connectivity index (χ2n) is 6.59. The van der Waals surface area contributed by atoms with E-state index >= 15 is 0 Å². The van der Waals surface area contributed by atoms with Crippen LogP contribution >= 0.6 is 11.6 Å². The van der Waals surface area contributed by atoms with Crippen LogP contribution in [0, 0.1) is 0 Å². The van der Waals surface area contributed by atoms with Crippen molar-refractivity contribution in [3.63, 3.8) is 0 Å². The normalized spacial score (nSPS) is 20.4. The van der Waals surface area contributed by atoms with E-state index in [1.165, 1.54) is 5.56 Å². The van der Waals surface area contributed by atoms with E-state index in [0.29, 0.717) is 18.5 Å². The number of aliphatic hydroxyl groups excluding tert-OH is 1. The lowest BCUT2D eigenvalue weighted by molar-refractivity contribution is 0.00564. The summed E-state index contributed by atoms with van der Waals surface area (Å²) in [6.07, 6.45) is -0.335. The number of hydrogen-bond donors (Lipinski definition) is 1. The SMILES string of the molecule is CC(c1ccc(Cl)cc1)C(C)N(C)CC(O)CN1CCOCC1. The van der Waals surface area contributed by atoms with E-state index in [-0.39, 0.29) is 6.10 Å². The van der Waals surface area contributed by atoms with Crippen molar-refractivity contribution in [2.24, 2.45) is 0 Å². The minimum Gasteiger partial charge on any atom is -0.390 e. The molecule has 5 heteroatoms. The Hall–Kier alpha value is -0.650. The van der Waals surface area contributed by atoms with Gasteiger partial charge in [0.05, 0.1) is 19.3 Å². The fourth-order valence-corrected chi connectivity index (χ4v) is 3.19. The maximum atomic E-state index is 10.4. The van der Waals surface area contributed by atoms with Crippen molar-refractivity contribution in [3.8, 4) is 0 Å². The van der Waals surface area contributed by atoms with Crippen LogP contribution in [0.15, 0.2) is 24.3 Å². The molecule has 1 aliphatic rings. The summed E-state index contributed by atoms with van der Waals surface area (Å²) in [5.74, 6) is 0.382. The molecular weight excluding hydrogens is 312 g/mol. The average molecular weight is 341 g/mol. The first-order valence-electron chi connectivity index (χ1n) is 8.41. The molecule has 0 aliphatic carbocycles. The lowest BCUT2D eigenvalue weighted by atomic mass is 9.93. The van der Waals surface area contributed by atoms with E-state index in [1.54, 1.807) is 0 Å². The highest BCUT2D eigenvalue weighted by atomic mass is 35.5. The van der Waals surface area contributed by atoms with Crippen molar-refractivity contribution < 1.29 is 9.84 Å². The quantitative estimate of drug-likeness (QED) is 0.827. The Labute approximate surface area is 145 Å². The Kier molecular flexibility index (Phi) is 7.31. The standard InChI is InChI=1S/C18H29ClN2O2/c1-14(16-4-6-17(19)7-5-16)15(2)20(3)12-18(22)13-21-8-10-23-11-9-21/h4-7,14-15,18,22H,8-13H2,1-3H3. The molecule has 4 nitrogen and oxygen atoms in total. The second-order valence-corrected chi connectivity index (χ2v) is 7.02. The van der Waals surface area contributed by atoms with Gasteiger partial charge in [-0.1, -0.05) is 30.7 Å². The summed E-state index contributed by atoms with van der Waals surface area (Å²) in [7, 11) is 2.08. The molecule has 2 rings (SSSR count). The highest BCUT2D eigenvalue weighted by Gasteiger charge is 2.22. The van der Waals surface area contributed by atoms with E-state index in [2.05, 4.69) is 42.8 Å². The fourth-order valence-electron chi connectivity index (χ4n) is 3.06. The minimum atomic E-state index is -0.335. The molecule has 1 aromatic carbocycles. The van der Waals surface area contributed by atoms with Gasteiger partial charge < -0.3 is 14.7 Å². The smallest absolute Gasteiger partial charge is 0.0793 e. The lowest BCUT2D eigenvalue weighted by Gasteiger charge is -2.34. The van der Waals surface area contributed by atoms with Gasteiger partial charge in [-0.2, -0.15) is 0 Å². The number of aliphatic hydroxyl groups is 1. The van der Waals surface area contributed by atoms with Crippen LogP contribution in [-0.2, 0) is 4.74 Å². The molecule has 3 atom stereocenters. The van der Waals surface area contributed by atoms with Gasteiger partial charge in [-0.3, -0.25) is 4.90 Å². The minimum absolute atomic E-state index is 0.335. The summed E-state index contributed by atoms with van der Waals surface area (Å²) >= 11 is 5.96. The number of morpholine rings is 1. The second kappa shape index (κ2) is 9.00. The molecule has 23 heavy (non-hydrogen) atoms. The van der Waals surface area contributed by atoms with Gasteiger partial charge in [-0.05, 0) is 37.6 Å². The zero-order chi connectivity index (χ0) is 16.8. The summed E-state index contributed by atoms with van der Waals surface area (Å²) in [6, 6.07) is 8.39. The predicted molar refractivity (Wildman–Crippen MR) is 95.2 cm³/mol. The Morgan fingerprint density at radius 2 is 1.83 bits per heavy atom. The Morgan fingerprint density at radius 3 is 2.43 bits per heavy atom. The molecule has 1 aliphatic heterocycles. The molecule has 0 radical (unpaired) electrons. The van der Waals surface area contributed by atoms with Crippen molar-refractivity contribution in [2.75, 3.05) is 46.4 Å². The third kappa shape index (κ3) is 5.73. The van der Waals surface area contributed by atoms with Crippen LogP contribution in [-0.4, -0.2) is 73.5 Å². The highest BCUT2D eigenvalue weighted by molar-refractivity contribution is 6.30. The van der Waals surface area contributed by atoms with Gasteiger partial charge in [0, 0.05) is 37.2 Å². The molecule has 1 saturated heterocycles. The monoisotopic (exact) mass is 340 g/mol. The van der Waals surface area contributed by atoms with Crippen LogP contribution < -0.4 is 0 Å². The van der Waals surface area contributed by atoms with E-state index in [9.17, 15) is 5.11 Å². The van der Waals surface area contributed by atoms with E-state index < -0.39 is 0 Å². The number of benzene rings is 1. The lowest BCUT2D eigenvalue weighted by Crippen LogP contribution is -2.46. The summed E-state index contributed by atoms with van der Waals surface area (Å²) in [5, 5.41) is 11.1. The number of likely N-dealkylation sites (N-methyl/N-ethyl adjacent to an activating group) is 1. The molecule has 0 bridgehead atoms. The molecule has 1 fully saturated rings. The van der Waals surface area contributed by atoms with Crippen LogP contribution in [0.2, 0.25) is 5.02 Å². The topological polar surface area (TPSA) is 35.9 Å². The zero-order valence-corrected chi connectivity index (χ0v) is 15.2. The molecule has 0 spiro atoms. The zero-order valence-electron chi connectivity index (χ0n) is 14.4. The summed E-state index contributed by atoms with van der Waals surface area (Å²) in [5.41, 5.74) is 1.27. The number of β-amino-alcohol motifs (C(OH)–C–C–N with tert-alkyl or cyclic N) is 1. The fraction of sp³-hybridized carbons (Fsp3) is 0.667. The van der Waals surface area contributed by atoms with E-state index in [0.717, 1.165) is 37.9 Å². The number of halogens is 1. The number of rotatable bonds is 7. The predicted octanol–water partition coefficient (Wildman–Crippen LogP) is 2.46. The van der Waals surface area contributed by atoms with Gasteiger partial charge in [0.15, 0.2) is 0 Å². The maximum Gasteiger partial charge on any atom is 0.0793 e. The van der Waals surface area contributed by atoms with Crippen molar-refractivity contribution in [2.45, 2.75) is 31.9 Å². The van der Waals surface area contributed by atoms with Crippen molar-refractivity contribution in [1.29, 1.82) is 0 Å². The third-order valence-electron chi connectivity index (χ3n) is 4.89. The molecule has 0 amide bonds. The molecule has 1 aromatic rings. The first kappa shape index (κ1) is 18.7. The third-order valence-corrected chi connectivity index (χ3v) is 5.14. The van der Waals surface area contributed by atoms with Crippen molar-refractivity contribution in [1.82, 2.24) is 9.80 Å². The Bertz CT molecular complexity index is 463. The maximum absolute atomic E-state index is 10.4. The van der Waals surface area contributed by atoms with Gasteiger partial charge in [0.2, 0.25) is 0 Å². The molecular formula is C18H29ClN2O2. The van der Waals surface area contributed by atoms with Gasteiger partial charge >= 0.3 is 0 Å².